The molecule has 0 aliphatic heterocycles. The molecule has 0 radical (unpaired) electrons. The van der Waals surface area contributed by atoms with Gasteiger partial charge in [-0.25, -0.2) is 4.79 Å². The number of carboxylic acids is 1. The Labute approximate surface area is 318 Å². The lowest BCUT2D eigenvalue weighted by atomic mass is 10.0. The molecule has 0 saturated carbocycles. The predicted octanol–water partition coefficient (Wildman–Crippen LogP) is 4.36. The maximum absolute atomic E-state index is 11.9. The van der Waals surface area contributed by atoms with Gasteiger partial charge in [-0.2, -0.15) is 0 Å². The Morgan fingerprint density at radius 2 is 0.755 bits per heavy atom. The van der Waals surface area contributed by atoms with E-state index in [0.29, 0.717) is 119 Å². The zero-order chi connectivity index (χ0) is 38.6. The molecule has 1 amide bonds. The van der Waals surface area contributed by atoms with Crippen molar-refractivity contribution in [1.29, 1.82) is 0 Å². The van der Waals surface area contributed by atoms with E-state index in [4.69, 9.17) is 47.7 Å². The van der Waals surface area contributed by atoms with Gasteiger partial charge in [0, 0.05) is 13.0 Å². The quantitative estimate of drug-likeness (QED) is 0.0660. The van der Waals surface area contributed by atoms with Gasteiger partial charge in [-0.15, -0.1) is 0 Å². The van der Waals surface area contributed by atoms with E-state index in [0.717, 1.165) is 12.8 Å². The molecule has 0 heterocycles. The second-order valence-corrected chi connectivity index (χ2v) is 12.3. The highest BCUT2D eigenvalue weighted by Crippen LogP contribution is 2.13. The van der Waals surface area contributed by atoms with E-state index >= 15 is 0 Å². The molecule has 314 valence electrons. The number of carbonyl (C=O) groups is 3. The maximum atomic E-state index is 11.9. The molecule has 0 aromatic rings. The number of rotatable bonds is 45. The molecule has 0 aliphatic carbocycles. The Morgan fingerprint density at radius 3 is 1.13 bits per heavy atom. The van der Waals surface area contributed by atoms with Gasteiger partial charge in [-0.3, -0.25) is 9.59 Å². The van der Waals surface area contributed by atoms with Gasteiger partial charge in [0.1, 0.15) is 19.8 Å². The second-order valence-electron chi connectivity index (χ2n) is 12.3. The topological polar surface area (TPSA) is 176 Å². The Kier molecular flexibility index (Phi) is 42.8. The molecule has 0 bridgehead atoms. The van der Waals surface area contributed by atoms with Gasteiger partial charge in [0.2, 0.25) is 5.91 Å². The zero-order valence-corrected chi connectivity index (χ0v) is 32.8. The first-order valence-electron chi connectivity index (χ1n) is 19.9. The Balaban J connectivity index is 3.16. The van der Waals surface area contributed by atoms with Crippen LogP contribution >= 0.6 is 0 Å². The summed E-state index contributed by atoms with van der Waals surface area (Å²) < 4.78 is 53.4. The summed E-state index contributed by atoms with van der Waals surface area (Å²) in [5, 5.41) is 11.0. The largest absolute Gasteiger partial charge is 0.480 e. The van der Waals surface area contributed by atoms with Crippen molar-refractivity contribution in [3.63, 3.8) is 0 Å². The van der Waals surface area contributed by atoms with Gasteiger partial charge < -0.3 is 57.8 Å². The summed E-state index contributed by atoms with van der Waals surface area (Å²) in [6.07, 6.45) is 17.2. The average molecular weight is 768 g/mol. The van der Waals surface area contributed by atoms with Crippen molar-refractivity contribution < 1.29 is 66.9 Å². The molecule has 15 nitrogen and oxygen atoms in total. The summed E-state index contributed by atoms with van der Waals surface area (Å²) in [5.41, 5.74) is 0. The molecule has 0 unspecified atom stereocenters. The lowest BCUT2D eigenvalue weighted by Crippen LogP contribution is -2.31. The number of aliphatic carboxylic acids is 1. The van der Waals surface area contributed by atoms with Crippen LogP contribution in [-0.2, 0) is 61.8 Å². The highest BCUT2D eigenvalue weighted by atomic mass is 16.6. The lowest BCUT2D eigenvalue weighted by Gasteiger charge is -2.09. The molecule has 0 aromatic carbocycles. The molecule has 0 spiro atoms. The molecule has 0 aromatic heterocycles. The van der Waals surface area contributed by atoms with E-state index in [-0.39, 0.29) is 19.2 Å². The van der Waals surface area contributed by atoms with Crippen LogP contribution in [-0.4, -0.2) is 155 Å². The van der Waals surface area contributed by atoms with E-state index in [2.05, 4.69) is 17.0 Å². The minimum atomic E-state index is -1.12. The summed E-state index contributed by atoms with van der Waals surface area (Å²) in [4.78, 5) is 33.5. The smallest absolute Gasteiger partial charge is 0.329 e. The molecule has 0 saturated heterocycles. The van der Waals surface area contributed by atoms with E-state index in [1.54, 1.807) is 0 Å². The van der Waals surface area contributed by atoms with Crippen molar-refractivity contribution in [2.24, 2.45) is 0 Å². The van der Waals surface area contributed by atoms with Crippen LogP contribution < -0.4 is 5.32 Å². The number of unbranched alkanes of at least 4 members (excludes halogenated alkanes) is 12. The van der Waals surface area contributed by atoms with Crippen LogP contribution in [0.3, 0.4) is 0 Å². The Hall–Kier alpha value is -1.95. The van der Waals surface area contributed by atoms with E-state index in [9.17, 15) is 14.4 Å². The molecular formula is C38H73NO14. The molecule has 0 atom stereocenters. The molecule has 0 rings (SSSR count). The van der Waals surface area contributed by atoms with E-state index in [1.165, 1.54) is 70.6 Å². The minimum absolute atomic E-state index is 0.142. The predicted molar refractivity (Wildman–Crippen MR) is 199 cm³/mol. The fourth-order valence-electron chi connectivity index (χ4n) is 4.76. The van der Waals surface area contributed by atoms with Crippen molar-refractivity contribution in [2.45, 2.75) is 96.8 Å². The first kappa shape index (κ1) is 51.0. The third-order valence-corrected chi connectivity index (χ3v) is 7.61. The van der Waals surface area contributed by atoms with E-state index in [1.807, 2.05) is 0 Å². The summed E-state index contributed by atoms with van der Waals surface area (Å²) in [6.45, 7) is 9.00. The van der Waals surface area contributed by atoms with E-state index < -0.39 is 18.5 Å². The van der Waals surface area contributed by atoms with Gasteiger partial charge in [-0.1, -0.05) is 84.0 Å². The van der Waals surface area contributed by atoms with Crippen LogP contribution in [0, 0.1) is 0 Å². The van der Waals surface area contributed by atoms with Crippen LogP contribution in [0.5, 0.6) is 0 Å². The molecular weight excluding hydrogens is 694 g/mol. The first-order chi connectivity index (χ1) is 26.1. The average Bonchev–Trinajstić information content (AvgIpc) is 3.14. The number of carboxylic acid groups (broad SMARTS) is 1. The molecule has 53 heavy (non-hydrogen) atoms. The number of nitrogens with one attached hydrogen (secondary N) is 1. The highest BCUT2D eigenvalue weighted by molar-refractivity contribution is 5.77. The van der Waals surface area contributed by atoms with Crippen molar-refractivity contribution in [2.75, 3.05) is 132 Å². The van der Waals surface area contributed by atoms with Gasteiger partial charge in [0.15, 0.2) is 0 Å². The normalized spacial score (nSPS) is 11.3. The molecule has 0 aliphatic rings. The lowest BCUT2D eigenvalue weighted by molar-refractivity contribution is -0.146. The van der Waals surface area contributed by atoms with Crippen LogP contribution in [0.15, 0.2) is 0 Å². The third kappa shape index (κ3) is 46.1. The highest BCUT2D eigenvalue weighted by Gasteiger charge is 2.04. The third-order valence-electron chi connectivity index (χ3n) is 7.61. The Bertz CT molecular complexity index is 792. The van der Waals surface area contributed by atoms with Crippen molar-refractivity contribution in [1.82, 2.24) is 5.32 Å². The fourth-order valence-corrected chi connectivity index (χ4v) is 4.76. The molecule has 0 fully saturated rings. The monoisotopic (exact) mass is 768 g/mol. The van der Waals surface area contributed by atoms with Crippen LogP contribution in [0.2, 0.25) is 0 Å². The van der Waals surface area contributed by atoms with Crippen LogP contribution in [0.1, 0.15) is 96.8 Å². The van der Waals surface area contributed by atoms with Crippen LogP contribution in [0.25, 0.3) is 0 Å². The van der Waals surface area contributed by atoms with Gasteiger partial charge in [-0.05, 0) is 6.42 Å². The van der Waals surface area contributed by atoms with Crippen molar-refractivity contribution in [3.8, 4) is 0 Å². The number of hydrogen-bond donors (Lipinski definition) is 2. The fraction of sp³-hybridized carbons (Fsp3) is 0.921. The van der Waals surface area contributed by atoms with Crippen molar-refractivity contribution in [3.05, 3.63) is 0 Å². The number of carbonyl (C=O) groups excluding carboxylic acids is 2. The van der Waals surface area contributed by atoms with Gasteiger partial charge in [0.05, 0.1) is 106 Å². The maximum Gasteiger partial charge on any atom is 0.329 e. The second kappa shape index (κ2) is 44.4. The standard InChI is InChI=1S/C38H73NO14/c1-2-3-4-5-6-7-8-9-10-11-12-13-14-15-38(43)53-33-32-51-31-30-50-29-28-49-27-26-48-25-24-47-23-22-46-21-20-45-19-18-44-17-16-39-36(40)34-52-35-37(41)42/h2-35H2,1H3,(H,39,40)(H,41,42). The Morgan fingerprint density at radius 1 is 0.415 bits per heavy atom. The summed E-state index contributed by atoms with van der Waals surface area (Å²) in [7, 11) is 0. The molecule has 15 heteroatoms. The SMILES string of the molecule is CCCCCCCCCCCCCCCC(=O)OCCOCCOCCOCCOCCOCCOCCOCCOCCNC(=O)COCC(=O)O. The number of amides is 1. The van der Waals surface area contributed by atoms with Gasteiger partial charge >= 0.3 is 11.9 Å². The van der Waals surface area contributed by atoms with Crippen molar-refractivity contribution >= 4 is 17.8 Å². The number of hydrogen-bond acceptors (Lipinski definition) is 13. The van der Waals surface area contributed by atoms with Crippen LogP contribution in [0.4, 0.5) is 0 Å². The van der Waals surface area contributed by atoms with Gasteiger partial charge in [0.25, 0.3) is 0 Å². The first-order valence-corrected chi connectivity index (χ1v) is 19.9. The zero-order valence-electron chi connectivity index (χ0n) is 32.8. The summed E-state index contributed by atoms with van der Waals surface area (Å²) in [6, 6.07) is 0. The summed E-state index contributed by atoms with van der Waals surface area (Å²) >= 11 is 0. The molecule has 2 N–H and O–H groups in total. The minimum Gasteiger partial charge on any atom is -0.480 e. The summed E-state index contributed by atoms with van der Waals surface area (Å²) in [5.74, 6) is -1.66. The number of esters is 1. The number of ether oxygens (including phenoxy) is 10.